The van der Waals surface area contributed by atoms with Crippen molar-refractivity contribution in [2.24, 2.45) is 5.73 Å². The Hall–Kier alpha value is -0.830. The predicted molar refractivity (Wildman–Crippen MR) is 49.9 cm³/mol. The van der Waals surface area contributed by atoms with Crippen molar-refractivity contribution in [3.05, 3.63) is 17.5 Å². The molecule has 0 aliphatic heterocycles. The standard InChI is InChI=1S/C9H17N3/c1-4-9(10)8-6-12(5-2)11-7(8)3/h6,9H,4-5,10H2,1-3H3/t9-/m0/s1. The Balaban J connectivity index is 2.91. The maximum Gasteiger partial charge on any atom is 0.0641 e. The van der Waals surface area contributed by atoms with Gasteiger partial charge in [0.15, 0.2) is 0 Å². The first-order chi connectivity index (χ1) is 5.69. The second-order valence-electron chi connectivity index (χ2n) is 3.04. The summed E-state index contributed by atoms with van der Waals surface area (Å²) in [6.45, 7) is 7.09. The van der Waals surface area contributed by atoms with Gasteiger partial charge in [-0.15, -0.1) is 0 Å². The Morgan fingerprint density at radius 3 is 2.67 bits per heavy atom. The van der Waals surface area contributed by atoms with Crippen LogP contribution >= 0.6 is 0 Å². The molecule has 3 heteroatoms. The molecule has 0 saturated carbocycles. The third kappa shape index (κ3) is 1.67. The van der Waals surface area contributed by atoms with Crippen molar-refractivity contribution >= 4 is 0 Å². The van der Waals surface area contributed by atoms with Gasteiger partial charge >= 0.3 is 0 Å². The molecule has 0 amide bonds. The smallest absolute Gasteiger partial charge is 0.0641 e. The first-order valence-electron chi connectivity index (χ1n) is 4.48. The topological polar surface area (TPSA) is 43.8 Å². The highest BCUT2D eigenvalue weighted by Crippen LogP contribution is 2.16. The lowest BCUT2D eigenvalue weighted by Crippen LogP contribution is -2.08. The van der Waals surface area contributed by atoms with Gasteiger partial charge in [-0.3, -0.25) is 4.68 Å². The number of hydrogen-bond donors (Lipinski definition) is 1. The summed E-state index contributed by atoms with van der Waals surface area (Å²) in [6.07, 6.45) is 3.01. The van der Waals surface area contributed by atoms with Crippen LogP contribution in [0.5, 0.6) is 0 Å². The van der Waals surface area contributed by atoms with Gasteiger partial charge in [-0.05, 0) is 20.3 Å². The second kappa shape index (κ2) is 3.72. The van der Waals surface area contributed by atoms with Crippen LogP contribution in [0.1, 0.15) is 37.6 Å². The molecule has 0 aliphatic rings. The van der Waals surface area contributed by atoms with E-state index in [9.17, 15) is 0 Å². The van der Waals surface area contributed by atoms with Gasteiger partial charge < -0.3 is 5.73 Å². The molecule has 0 aromatic carbocycles. The van der Waals surface area contributed by atoms with Crippen LogP contribution in [-0.2, 0) is 6.54 Å². The van der Waals surface area contributed by atoms with Crippen molar-refractivity contribution in [1.82, 2.24) is 9.78 Å². The lowest BCUT2D eigenvalue weighted by Gasteiger charge is -2.05. The molecule has 1 rings (SSSR count). The number of nitrogens with zero attached hydrogens (tertiary/aromatic N) is 2. The predicted octanol–water partition coefficient (Wildman–Crippen LogP) is 1.62. The van der Waals surface area contributed by atoms with Crippen LogP contribution in [-0.4, -0.2) is 9.78 Å². The molecule has 0 bridgehead atoms. The van der Waals surface area contributed by atoms with E-state index >= 15 is 0 Å². The summed E-state index contributed by atoms with van der Waals surface area (Å²) < 4.78 is 1.93. The van der Waals surface area contributed by atoms with Crippen LogP contribution in [0.25, 0.3) is 0 Å². The van der Waals surface area contributed by atoms with Crippen LogP contribution in [0.2, 0.25) is 0 Å². The number of hydrogen-bond acceptors (Lipinski definition) is 2. The summed E-state index contributed by atoms with van der Waals surface area (Å²) in [5, 5.41) is 4.33. The van der Waals surface area contributed by atoms with E-state index in [1.807, 2.05) is 17.8 Å². The van der Waals surface area contributed by atoms with Gasteiger partial charge in [0, 0.05) is 24.3 Å². The van der Waals surface area contributed by atoms with E-state index in [1.54, 1.807) is 0 Å². The van der Waals surface area contributed by atoms with E-state index in [1.165, 1.54) is 5.56 Å². The van der Waals surface area contributed by atoms with Gasteiger partial charge in [0.2, 0.25) is 0 Å². The number of aromatic nitrogens is 2. The maximum atomic E-state index is 5.91. The van der Waals surface area contributed by atoms with E-state index < -0.39 is 0 Å². The minimum Gasteiger partial charge on any atom is -0.324 e. The van der Waals surface area contributed by atoms with E-state index in [2.05, 4.69) is 18.9 Å². The van der Waals surface area contributed by atoms with Crippen LogP contribution in [0.15, 0.2) is 6.20 Å². The fraction of sp³-hybridized carbons (Fsp3) is 0.667. The fourth-order valence-corrected chi connectivity index (χ4v) is 1.28. The van der Waals surface area contributed by atoms with Gasteiger partial charge in [-0.25, -0.2) is 0 Å². The number of aryl methyl sites for hydroxylation is 2. The number of nitrogens with two attached hydrogens (primary N) is 1. The molecule has 1 heterocycles. The molecule has 0 fully saturated rings. The van der Waals surface area contributed by atoms with Crippen LogP contribution < -0.4 is 5.73 Å². The average Bonchev–Trinajstić information content (AvgIpc) is 2.45. The first-order valence-corrected chi connectivity index (χ1v) is 4.48. The van der Waals surface area contributed by atoms with E-state index in [0.717, 1.165) is 18.7 Å². The zero-order valence-electron chi connectivity index (χ0n) is 8.04. The Labute approximate surface area is 73.6 Å². The largest absolute Gasteiger partial charge is 0.324 e. The van der Waals surface area contributed by atoms with Crippen molar-refractivity contribution in [3.8, 4) is 0 Å². The summed E-state index contributed by atoms with van der Waals surface area (Å²) in [7, 11) is 0. The zero-order chi connectivity index (χ0) is 9.14. The van der Waals surface area contributed by atoms with Gasteiger partial charge in [0.1, 0.15) is 0 Å². The quantitative estimate of drug-likeness (QED) is 0.743. The lowest BCUT2D eigenvalue weighted by molar-refractivity contribution is 0.650. The summed E-state index contributed by atoms with van der Waals surface area (Å²) in [4.78, 5) is 0. The third-order valence-corrected chi connectivity index (χ3v) is 2.15. The van der Waals surface area contributed by atoms with Crippen molar-refractivity contribution in [2.45, 2.75) is 39.8 Å². The summed E-state index contributed by atoms with van der Waals surface area (Å²) in [6, 6.07) is 0.144. The SMILES string of the molecule is CC[C@H](N)c1cn(CC)nc1C. The Morgan fingerprint density at radius 2 is 2.25 bits per heavy atom. The van der Waals surface area contributed by atoms with E-state index in [4.69, 9.17) is 5.73 Å². The molecule has 1 atom stereocenters. The molecule has 12 heavy (non-hydrogen) atoms. The molecule has 2 N–H and O–H groups in total. The minimum atomic E-state index is 0.144. The second-order valence-corrected chi connectivity index (χ2v) is 3.04. The monoisotopic (exact) mass is 167 g/mol. The minimum absolute atomic E-state index is 0.144. The van der Waals surface area contributed by atoms with Gasteiger partial charge in [0.25, 0.3) is 0 Å². The first kappa shape index (κ1) is 9.26. The maximum absolute atomic E-state index is 5.91. The van der Waals surface area contributed by atoms with Crippen molar-refractivity contribution < 1.29 is 0 Å². The highest BCUT2D eigenvalue weighted by Gasteiger charge is 2.09. The molecule has 0 radical (unpaired) electrons. The molecule has 0 spiro atoms. The Bertz CT molecular complexity index is 252. The molecular formula is C9H17N3. The van der Waals surface area contributed by atoms with Crippen molar-refractivity contribution in [2.75, 3.05) is 0 Å². The van der Waals surface area contributed by atoms with E-state index in [-0.39, 0.29) is 6.04 Å². The van der Waals surface area contributed by atoms with Crippen LogP contribution in [0, 0.1) is 6.92 Å². The molecule has 0 aliphatic carbocycles. The molecule has 1 aromatic heterocycles. The summed E-state index contributed by atoms with van der Waals surface area (Å²) in [5.74, 6) is 0. The summed E-state index contributed by atoms with van der Waals surface area (Å²) in [5.41, 5.74) is 8.15. The number of rotatable bonds is 3. The van der Waals surface area contributed by atoms with Gasteiger partial charge in [-0.1, -0.05) is 6.92 Å². The van der Waals surface area contributed by atoms with Crippen LogP contribution in [0.3, 0.4) is 0 Å². The molecule has 68 valence electrons. The molecular weight excluding hydrogens is 150 g/mol. The lowest BCUT2D eigenvalue weighted by atomic mass is 10.1. The fourth-order valence-electron chi connectivity index (χ4n) is 1.28. The zero-order valence-corrected chi connectivity index (χ0v) is 8.04. The molecule has 1 aromatic rings. The molecule has 0 unspecified atom stereocenters. The highest BCUT2D eigenvalue weighted by molar-refractivity contribution is 5.19. The normalized spacial score (nSPS) is 13.3. The molecule has 3 nitrogen and oxygen atoms in total. The van der Waals surface area contributed by atoms with E-state index in [0.29, 0.717) is 0 Å². The third-order valence-electron chi connectivity index (χ3n) is 2.15. The van der Waals surface area contributed by atoms with Gasteiger partial charge in [0.05, 0.1) is 5.69 Å². The van der Waals surface area contributed by atoms with Gasteiger partial charge in [-0.2, -0.15) is 5.10 Å². The molecule has 0 saturated heterocycles. The van der Waals surface area contributed by atoms with Crippen molar-refractivity contribution in [1.29, 1.82) is 0 Å². The highest BCUT2D eigenvalue weighted by atomic mass is 15.3. The Kier molecular flexibility index (Phi) is 2.87. The Morgan fingerprint density at radius 1 is 1.58 bits per heavy atom. The van der Waals surface area contributed by atoms with Crippen LogP contribution in [0.4, 0.5) is 0 Å². The summed E-state index contributed by atoms with van der Waals surface area (Å²) >= 11 is 0. The van der Waals surface area contributed by atoms with Crippen molar-refractivity contribution in [3.63, 3.8) is 0 Å². The average molecular weight is 167 g/mol.